The molecule has 2 rings (SSSR count). The summed E-state index contributed by atoms with van der Waals surface area (Å²) in [6, 6.07) is 4.53. The second-order valence-corrected chi connectivity index (χ2v) is 6.28. The van der Waals surface area contributed by atoms with Crippen molar-refractivity contribution in [3.8, 4) is 5.75 Å². The molecule has 0 heterocycles. The minimum absolute atomic E-state index is 0.134. The van der Waals surface area contributed by atoms with Gasteiger partial charge in [0.15, 0.2) is 0 Å². The van der Waals surface area contributed by atoms with Crippen LogP contribution < -0.4 is 15.2 Å². The summed E-state index contributed by atoms with van der Waals surface area (Å²) >= 11 is 0. The topological polar surface area (TPSA) is 81.4 Å². The molecule has 6 heteroatoms. The quantitative estimate of drug-likeness (QED) is 0.765. The lowest BCUT2D eigenvalue weighted by Gasteiger charge is -2.11. The van der Waals surface area contributed by atoms with Gasteiger partial charge in [-0.25, -0.2) is 13.1 Å². The van der Waals surface area contributed by atoms with E-state index in [9.17, 15) is 8.42 Å². The molecule has 0 spiro atoms. The van der Waals surface area contributed by atoms with E-state index in [4.69, 9.17) is 10.5 Å². The summed E-state index contributed by atoms with van der Waals surface area (Å²) in [7, 11) is -2.09. The molecule has 1 aromatic carbocycles. The second-order valence-electron chi connectivity index (χ2n) is 4.54. The molecule has 3 N–H and O–H groups in total. The van der Waals surface area contributed by atoms with Gasteiger partial charge in [-0.15, -0.1) is 0 Å². The minimum Gasteiger partial charge on any atom is -0.495 e. The molecule has 0 radical (unpaired) electrons. The van der Waals surface area contributed by atoms with Crippen molar-refractivity contribution < 1.29 is 13.2 Å². The number of ether oxygens (including phenoxy) is 1. The fraction of sp³-hybridized carbons (Fsp3) is 0.500. The van der Waals surface area contributed by atoms with Crippen LogP contribution in [0.1, 0.15) is 19.3 Å². The average Bonchev–Trinajstić information content (AvgIpc) is 3.12. The van der Waals surface area contributed by atoms with Crippen LogP contribution in [-0.4, -0.2) is 22.1 Å². The van der Waals surface area contributed by atoms with Gasteiger partial charge in [-0.05, 0) is 24.5 Å². The number of rotatable bonds is 6. The van der Waals surface area contributed by atoms with Crippen molar-refractivity contribution >= 4 is 15.7 Å². The Labute approximate surface area is 107 Å². The van der Waals surface area contributed by atoms with Gasteiger partial charge in [0.05, 0.1) is 7.11 Å². The van der Waals surface area contributed by atoms with E-state index in [1.54, 1.807) is 6.07 Å². The van der Waals surface area contributed by atoms with E-state index in [1.807, 2.05) is 0 Å². The van der Waals surface area contributed by atoms with Crippen LogP contribution in [0.5, 0.6) is 5.75 Å². The average molecular weight is 270 g/mol. The molecule has 0 amide bonds. The summed E-state index contributed by atoms with van der Waals surface area (Å²) in [6.07, 6.45) is 3.33. The number of nitrogen functional groups attached to an aromatic ring is 1. The zero-order valence-electron chi connectivity index (χ0n) is 10.3. The summed E-state index contributed by atoms with van der Waals surface area (Å²) in [4.78, 5) is 0.134. The van der Waals surface area contributed by atoms with Gasteiger partial charge >= 0.3 is 0 Å². The summed E-state index contributed by atoms with van der Waals surface area (Å²) < 4.78 is 31.8. The number of anilines is 1. The molecule has 1 aliphatic rings. The summed E-state index contributed by atoms with van der Waals surface area (Å²) in [5.41, 5.74) is 6.07. The zero-order chi connectivity index (χ0) is 13.2. The van der Waals surface area contributed by atoms with Gasteiger partial charge in [0.2, 0.25) is 10.0 Å². The molecule has 1 fully saturated rings. The highest BCUT2D eigenvalue weighted by molar-refractivity contribution is 7.89. The lowest BCUT2D eigenvalue weighted by atomic mass is 10.3. The maximum atomic E-state index is 12.1. The standard InChI is InChI=1S/C12H18N2O3S/c1-17-11-8-10(13)4-5-12(11)18(15,16)14-7-6-9-2-3-9/h4-5,8-9,14H,2-3,6-7,13H2,1H3. The van der Waals surface area contributed by atoms with Crippen LogP contribution in [0, 0.1) is 5.92 Å². The molecule has 0 aromatic heterocycles. The molecule has 1 aliphatic carbocycles. The van der Waals surface area contributed by atoms with Crippen molar-refractivity contribution in [3.63, 3.8) is 0 Å². The third-order valence-electron chi connectivity index (χ3n) is 3.02. The summed E-state index contributed by atoms with van der Waals surface area (Å²) in [6.45, 7) is 0.473. The van der Waals surface area contributed by atoms with Crippen molar-refractivity contribution in [3.05, 3.63) is 18.2 Å². The Morgan fingerprint density at radius 2 is 2.17 bits per heavy atom. The first kappa shape index (κ1) is 13.2. The predicted molar refractivity (Wildman–Crippen MR) is 69.9 cm³/mol. The first-order valence-electron chi connectivity index (χ1n) is 5.96. The number of benzene rings is 1. The molecule has 0 unspecified atom stereocenters. The van der Waals surface area contributed by atoms with Crippen LogP contribution in [0.4, 0.5) is 5.69 Å². The van der Waals surface area contributed by atoms with Gasteiger partial charge in [0.1, 0.15) is 10.6 Å². The van der Waals surface area contributed by atoms with Gasteiger partial charge in [0.25, 0.3) is 0 Å². The first-order chi connectivity index (χ1) is 8.53. The Bertz CT molecular complexity index is 524. The van der Waals surface area contributed by atoms with Crippen LogP contribution in [0.3, 0.4) is 0 Å². The molecule has 5 nitrogen and oxygen atoms in total. The lowest BCUT2D eigenvalue weighted by Crippen LogP contribution is -2.25. The molecular formula is C12H18N2O3S. The Hall–Kier alpha value is -1.27. The van der Waals surface area contributed by atoms with E-state index in [2.05, 4.69) is 4.72 Å². The fourth-order valence-corrected chi connectivity index (χ4v) is 2.98. The van der Waals surface area contributed by atoms with E-state index in [0.717, 1.165) is 6.42 Å². The van der Waals surface area contributed by atoms with E-state index < -0.39 is 10.0 Å². The molecule has 18 heavy (non-hydrogen) atoms. The third kappa shape index (κ3) is 3.14. The zero-order valence-corrected chi connectivity index (χ0v) is 11.2. The van der Waals surface area contributed by atoms with Crippen molar-refractivity contribution in [2.45, 2.75) is 24.2 Å². The van der Waals surface area contributed by atoms with Crippen molar-refractivity contribution in [1.29, 1.82) is 0 Å². The number of hydrogen-bond donors (Lipinski definition) is 2. The summed E-state index contributed by atoms with van der Waals surface area (Å²) in [5, 5.41) is 0. The van der Waals surface area contributed by atoms with E-state index in [-0.39, 0.29) is 10.6 Å². The van der Waals surface area contributed by atoms with Gasteiger partial charge in [-0.2, -0.15) is 0 Å². The van der Waals surface area contributed by atoms with Crippen LogP contribution >= 0.6 is 0 Å². The first-order valence-corrected chi connectivity index (χ1v) is 7.44. The number of methoxy groups -OCH3 is 1. The number of nitrogens with one attached hydrogen (secondary N) is 1. The second kappa shape index (κ2) is 5.16. The molecule has 0 aliphatic heterocycles. The molecule has 1 saturated carbocycles. The van der Waals surface area contributed by atoms with E-state index in [1.165, 1.54) is 32.1 Å². The van der Waals surface area contributed by atoms with Crippen LogP contribution in [0.15, 0.2) is 23.1 Å². The Morgan fingerprint density at radius 3 is 2.78 bits per heavy atom. The number of hydrogen-bond acceptors (Lipinski definition) is 4. The van der Waals surface area contributed by atoms with Gasteiger partial charge in [-0.3, -0.25) is 0 Å². The van der Waals surface area contributed by atoms with Crippen molar-refractivity contribution in [2.24, 2.45) is 5.92 Å². The fourth-order valence-electron chi connectivity index (χ4n) is 1.79. The normalized spacial score (nSPS) is 15.6. The number of nitrogens with two attached hydrogens (primary N) is 1. The van der Waals surface area contributed by atoms with Crippen molar-refractivity contribution in [1.82, 2.24) is 4.72 Å². The van der Waals surface area contributed by atoms with Crippen LogP contribution in [0.2, 0.25) is 0 Å². The highest BCUT2D eigenvalue weighted by atomic mass is 32.2. The Kier molecular flexibility index (Phi) is 3.77. The lowest BCUT2D eigenvalue weighted by molar-refractivity contribution is 0.402. The van der Waals surface area contributed by atoms with Gasteiger partial charge in [0, 0.05) is 18.3 Å². The Morgan fingerprint density at radius 1 is 1.44 bits per heavy atom. The number of sulfonamides is 1. The summed E-state index contributed by atoms with van der Waals surface area (Å²) in [5.74, 6) is 0.968. The SMILES string of the molecule is COc1cc(N)ccc1S(=O)(=O)NCCC1CC1. The maximum Gasteiger partial charge on any atom is 0.244 e. The molecular weight excluding hydrogens is 252 g/mol. The molecule has 0 saturated heterocycles. The molecule has 100 valence electrons. The van der Waals surface area contributed by atoms with E-state index >= 15 is 0 Å². The maximum absolute atomic E-state index is 12.1. The highest BCUT2D eigenvalue weighted by Gasteiger charge is 2.23. The minimum atomic E-state index is -3.52. The predicted octanol–water partition coefficient (Wildman–Crippen LogP) is 1.36. The van der Waals surface area contributed by atoms with Gasteiger partial charge < -0.3 is 10.5 Å². The molecule has 0 atom stereocenters. The monoisotopic (exact) mass is 270 g/mol. The van der Waals surface area contributed by atoms with Gasteiger partial charge in [-0.1, -0.05) is 12.8 Å². The smallest absolute Gasteiger partial charge is 0.244 e. The largest absolute Gasteiger partial charge is 0.495 e. The molecule has 0 bridgehead atoms. The van der Waals surface area contributed by atoms with Crippen LogP contribution in [-0.2, 0) is 10.0 Å². The highest BCUT2D eigenvalue weighted by Crippen LogP contribution is 2.32. The van der Waals surface area contributed by atoms with Crippen molar-refractivity contribution in [2.75, 3.05) is 19.4 Å². The third-order valence-corrected chi connectivity index (χ3v) is 4.52. The molecule has 1 aromatic rings. The Balaban J connectivity index is 2.11. The van der Waals surface area contributed by atoms with E-state index in [0.29, 0.717) is 18.2 Å². The van der Waals surface area contributed by atoms with Crippen LogP contribution in [0.25, 0.3) is 0 Å².